The molecule has 2 unspecified atom stereocenters. The van der Waals surface area contributed by atoms with E-state index in [1.54, 1.807) is 0 Å². The largest absolute Gasteiger partial charge is 0.378 e. The molecule has 1 N–H and O–H groups in total. The molecule has 2 atom stereocenters. The molecule has 3 nitrogen and oxygen atoms in total. The van der Waals surface area contributed by atoms with Crippen LogP contribution < -0.4 is 5.32 Å². The predicted octanol–water partition coefficient (Wildman–Crippen LogP) is 17.3. The SMILES string of the molecule is CCC1/C=C(/c2ccc3c(-n4c5ccccc5c5cc6c7ccc8ccccc8c7n(-c7cccc8ccccc78)c6cc54)cccc3c2)NC(c2ccccc2)CC/C(C)=C/1c1ccccc1. The Labute approximate surface area is 396 Å². The van der Waals surface area contributed by atoms with Gasteiger partial charge < -0.3 is 14.5 Å². The molecular formula is C65H51N3. The van der Waals surface area contributed by atoms with E-state index in [9.17, 15) is 0 Å². The van der Waals surface area contributed by atoms with Gasteiger partial charge in [-0.1, -0.05) is 194 Å². The van der Waals surface area contributed by atoms with Crippen molar-refractivity contribution in [1.82, 2.24) is 14.5 Å². The van der Waals surface area contributed by atoms with Crippen LogP contribution in [-0.4, -0.2) is 9.13 Å². The fourth-order valence-corrected chi connectivity index (χ4v) is 11.7. The van der Waals surface area contributed by atoms with Gasteiger partial charge in [0.25, 0.3) is 0 Å². The van der Waals surface area contributed by atoms with E-state index in [1.807, 2.05) is 0 Å². The van der Waals surface area contributed by atoms with Crippen LogP contribution in [0.15, 0.2) is 224 Å². The Bertz CT molecular complexity index is 3990. The first-order chi connectivity index (χ1) is 33.6. The van der Waals surface area contributed by atoms with E-state index in [0.717, 1.165) is 19.3 Å². The van der Waals surface area contributed by atoms with Crippen molar-refractivity contribution < 1.29 is 0 Å². The molecular weight excluding hydrogens is 823 g/mol. The van der Waals surface area contributed by atoms with Gasteiger partial charge in [-0.2, -0.15) is 0 Å². The van der Waals surface area contributed by atoms with E-state index in [4.69, 9.17) is 0 Å². The molecule has 0 spiro atoms. The van der Waals surface area contributed by atoms with Gasteiger partial charge in [-0.3, -0.25) is 0 Å². The minimum absolute atomic E-state index is 0.170. The van der Waals surface area contributed by atoms with Crippen LogP contribution >= 0.6 is 0 Å². The van der Waals surface area contributed by atoms with E-state index < -0.39 is 0 Å². The molecule has 1 aliphatic rings. The summed E-state index contributed by atoms with van der Waals surface area (Å²) in [6, 6.07) is 79.1. The second kappa shape index (κ2) is 16.3. The van der Waals surface area contributed by atoms with Crippen molar-refractivity contribution >= 4 is 87.2 Å². The fourth-order valence-electron chi connectivity index (χ4n) is 11.7. The number of nitrogens with one attached hydrogen (secondary N) is 1. The Kier molecular flexibility index (Phi) is 9.64. The minimum atomic E-state index is 0.170. The molecule has 0 radical (unpaired) electrons. The van der Waals surface area contributed by atoms with E-state index in [-0.39, 0.29) is 12.0 Å². The molecule has 0 bridgehead atoms. The summed E-state index contributed by atoms with van der Waals surface area (Å²) in [5, 5.41) is 16.5. The van der Waals surface area contributed by atoms with E-state index in [2.05, 4.69) is 247 Å². The molecule has 0 amide bonds. The molecule has 13 rings (SSSR count). The summed E-state index contributed by atoms with van der Waals surface area (Å²) in [5.74, 6) is 0.258. The number of nitrogens with zero attached hydrogens (tertiary/aromatic N) is 2. The quantitative estimate of drug-likeness (QED) is 0.177. The van der Waals surface area contributed by atoms with E-state index in [0.29, 0.717) is 0 Å². The van der Waals surface area contributed by atoms with Crippen LogP contribution in [0, 0.1) is 5.92 Å². The lowest BCUT2D eigenvalue weighted by molar-refractivity contribution is 0.580. The van der Waals surface area contributed by atoms with Gasteiger partial charge in [0.1, 0.15) is 0 Å². The standard InChI is InChI=1S/C65H51N3/c1-3-43-39-58(66-57(46-20-6-4-7-21-46)37-32-42(2)64(43)47-22-8-5-9-23-47)49-34-35-51-48(38-49)25-17-30-59(51)67-61-29-15-14-28-53(61)55-40-56-54-36-33-45-19-11-13-27-52(45)65(54)68(63(56)41-62(55)67)60-31-16-24-44-18-10-12-26-50(44)60/h4-31,33-36,38-41,43,57,66H,3,32,37H2,1-2H3/b58-39-,64-42-. The third-order valence-corrected chi connectivity index (χ3v) is 14.9. The smallest absolute Gasteiger partial charge is 0.0619 e. The Hall–Kier alpha value is -8.14. The molecule has 0 aliphatic carbocycles. The summed E-state index contributed by atoms with van der Waals surface area (Å²) >= 11 is 0. The lowest BCUT2D eigenvalue weighted by atomic mass is 9.84. The van der Waals surface area contributed by atoms with Crippen molar-refractivity contribution in [3.63, 3.8) is 0 Å². The van der Waals surface area contributed by atoms with Gasteiger partial charge >= 0.3 is 0 Å². The number of hydrogen-bond donors (Lipinski definition) is 1. The Morgan fingerprint density at radius 2 is 1.06 bits per heavy atom. The van der Waals surface area contributed by atoms with Gasteiger partial charge in [-0.25, -0.2) is 0 Å². The van der Waals surface area contributed by atoms with Crippen molar-refractivity contribution in [3.05, 3.63) is 241 Å². The molecule has 0 saturated heterocycles. The average molecular weight is 874 g/mol. The Balaban J connectivity index is 1.03. The summed E-state index contributed by atoms with van der Waals surface area (Å²) < 4.78 is 5.06. The minimum Gasteiger partial charge on any atom is -0.378 e. The van der Waals surface area contributed by atoms with Crippen LogP contribution in [0.4, 0.5) is 0 Å². The second-order valence-electron chi connectivity index (χ2n) is 18.8. The molecule has 2 aromatic heterocycles. The summed E-state index contributed by atoms with van der Waals surface area (Å²) in [6.07, 6.45) is 5.57. The number of allylic oxidation sites excluding steroid dienone is 3. The highest BCUT2D eigenvalue weighted by Gasteiger charge is 2.24. The highest BCUT2D eigenvalue weighted by molar-refractivity contribution is 6.24. The Morgan fingerprint density at radius 3 is 1.85 bits per heavy atom. The van der Waals surface area contributed by atoms with E-state index >= 15 is 0 Å². The first kappa shape index (κ1) is 40.2. The number of hydrogen-bond acceptors (Lipinski definition) is 1. The van der Waals surface area contributed by atoms with Crippen molar-refractivity contribution in [3.8, 4) is 11.4 Å². The number of benzene rings is 10. The molecule has 12 aromatic rings. The maximum atomic E-state index is 4.14. The molecule has 326 valence electrons. The van der Waals surface area contributed by atoms with Crippen LogP contribution in [-0.2, 0) is 0 Å². The zero-order valence-electron chi connectivity index (χ0n) is 38.5. The van der Waals surface area contributed by atoms with Crippen molar-refractivity contribution in [2.45, 2.75) is 39.2 Å². The molecule has 1 aliphatic heterocycles. The van der Waals surface area contributed by atoms with E-state index in [1.165, 1.54) is 121 Å². The fraction of sp³-hybridized carbons (Fsp3) is 0.108. The van der Waals surface area contributed by atoms with Gasteiger partial charge in [-0.15, -0.1) is 0 Å². The number of para-hydroxylation sites is 1. The summed E-state index contributed by atoms with van der Waals surface area (Å²) in [5.41, 5.74) is 15.2. The summed E-state index contributed by atoms with van der Waals surface area (Å²) in [6.45, 7) is 4.69. The molecule has 0 saturated carbocycles. The van der Waals surface area contributed by atoms with Crippen molar-refractivity contribution in [2.24, 2.45) is 5.92 Å². The third kappa shape index (κ3) is 6.48. The number of aromatic nitrogens is 2. The first-order valence-corrected chi connectivity index (χ1v) is 24.3. The highest BCUT2D eigenvalue weighted by atomic mass is 15.0. The second-order valence-corrected chi connectivity index (χ2v) is 18.8. The normalized spacial score (nSPS) is 17.7. The van der Waals surface area contributed by atoms with Crippen molar-refractivity contribution in [1.29, 1.82) is 0 Å². The number of rotatable bonds is 6. The molecule has 68 heavy (non-hydrogen) atoms. The lowest BCUT2D eigenvalue weighted by Crippen LogP contribution is -2.20. The monoisotopic (exact) mass is 873 g/mol. The highest BCUT2D eigenvalue weighted by Crippen LogP contribution is 2.44. The van der Waals surface area contributed by atoms with Gasteiger partial charge in [0.2, 0.25) is 0 Å². The summed E-state index contributed by atoms with van der Waals surface area (Å²) in [4.78, 5) is 0. The topological polar surface area (TPSA) is 21.9 Å². The zero-order chi connectivity index (χ0) is 45.3. The van der Waals surface area contributed by atoms with Gasteiger partial charge in [0, 0.05) is 49.3 Å². The first-order valence-electron chi connectivity index (χ1n) is 24.3. The van der Waals surface area contributed by atoms with Gasteiger partial charge in [0.05, 0.1) is 39.5 Å². The lowest BCUT2D eigenvalue weighted by Gasteiger charge is -2.23. The van der Waals surface area contributed by atoms with Gasteiger partial charge in [-0.05, 0) is 101 Å². The maximum absolute atomic E-state index is 4.14. The molecule has 0 fully saturated rings. The Morgan fingerprint density at radius 1 is 0.456 bits per heavy atom. The van der Waals surface area contributed by atoms with Crippen LogP contribution in [0.5, 0.6) is 0 Å². The molecule has 3 heterocycles. The average Bonchev–Trinajstić information content (AvgIpc) is 3.92. The van der Waals surface area contributed by atoms with Crippen molar-refractivity contribution in [2.75, 3.05) is 0 Å². The van der Waals surface area contributed by atoms with Gasteiger partial charge in [0.15, 0.2) is 0 Å². The zero-order valence-corrected chi connectivity index (χ0v) is 38.5. The molecule has 10 aromatic carbocycles. The van der Waals surface area contributed by atoms with Crippen LogP contribution in [0.25, 0.3) is 98.6 Å². The molecule has 3 heteroatoms. The van der Waals surface area contributed by atoms with Crippen LogP contribution in [0.3, 0.4) is 0 Å². The predicted molar refractivity (Wildman–Crippen MR) is 290 cm³/mol. The third-order valence-electron chi connectivity index (χ3n) is 14.9. The van der Waals surface area contributed by atoms with Crippen LogP contribution in [0.1, 0.15) is 55.8 Å². The summed E-state index contributed by atoms with van der Waals surface area (Å²) in [7, 11) is 0. The van der Waals surface area contributed by atoms with Crippen LogP contribution in [0.2, 0.25) is 0 Å². The number of fused-ring (bicyclic) bond motifs is 10. The maximum Gasteiger partial charge on any atom is 0.0619 e.